The van der Waals surface area contributed by atoms with Crippen LogP contribution < -0.4 is 10.1 Å². The van der Waals surface area contributed by atoms with Gasteiger partial charge in [-0.25, -0.2) is 11.3 Å². The van der Waals surface area contributed by atoms with Crippen molar-refractivity contribution in [3.05, 3.63) is 155 Å². The first kappa shape index (κ1) is 31.5. The molecule has 0 N–H and O–H groups in total. The Bertz CT molecular complexity index is 2490. The number of hydrogen-bond donors (Lipinski definition) is 0. The fourth-order valence-corrected chi connectivity index (χ4v) is 8.76. The van der Waals surface area contributed by atoms with E-state index in [2.05, 4.69) is 148 Å². The Hall–Kier alpha value is -4.06. The summed E-state index contributed by atoms with van der Waals surface area (Å²) in [5.74, 6) is 0.823. The van der Waals surface area contributed by atoms with Gasteiger partial charge in [-0.2, -0.15) is 23.8 Å². The topological polar surface area (TPSA) is 30.2 Å². The molecule has 1 atom stereocenters. The van der Waals surface area contributed by atoms with Crippen molar-refractivity contribution in [3.8, 4) is 11.3 Å². The molecule has 5 aromatic carbocycles. The zero-order valence-corrected chi connectivity index (χ0v) is 34.8. The molecule has 3 nitrogen and oxygen atoms in total. The number of anilines is 2. The number of thiophene rings is 1. The van der Waals surface area contributed by atoms with Crippen molar-refractivity contribution in [2.45, 2.75) is 72.2 Å². The first-order valence-corrected chi connectivity index (χ1v) is 21.9. The van der Waals surface area contributed by atoms with E-state index < -0.39 is 14.9 Å². The zero-order valence-electron chi connectivity index (χ0n) is 35.6. The standard InChI is InChI=1S/C31H28N2S.C15H18NSi.Ir/c1-19(2)22-11-9-12-23(20(3)4)30(22)33-27-14-7-6-13-26(27)32-31(33)21-16-17-29-25(18-21)24-10-5-8-15-28(24)34-29;1-12-5-7-13(8-6-12)15-10-9-14(11-16-15)17(2,3)4;/h5-15,17-20,31H,1-4H3;5-7,9-11H,1-4H3;/q-2;-1;+3/i;1D3,5D,6D;. The summed E-state index contributed by atoms with van der Waals surface area (Å²) in [6.45, 7) is 13.3. The van der Waals surface area contributed by atoms with Crippen molar-refractivity contribution in [2.75, 3.05) is 4.90 Å². The molecule has 1 unspecified atom stereocenters. The Morgan fingerprint density at radius 1 is 0.846 bits per heavy atom. The van der Waals surface area contributed by atoms with Crippen molar-refractivity contribution >= 4 is 61.8 Å². The van der Waals surface area contributed by atoms with Crippen LogP contribution in [-0.2, 0) is 20.1 Å². The van der Waals surface area contributed by atoms with E-state index in [4.69, 9.17) is 12.2 Å². The molecule has 2 aromatic heterocycles. The summed E-state index contributed by atoms with van der Waals surface area (Å²) in [7, 11) is -1.43. The van der Waals surface area contributed by atoms with E-state index in [0.29, 0.717) is 23.1 Å². The molecular weight excluding hydrogens is 847 g/mol. The van der Waals surface area contributed by atoms with Crippen molar-refractivity contribution in [1.29, 1.82) is 0 Å². The maximum atomic E-state index is 7.88. The predicted molar refractivity (Wildman–Crippen MR) is 223 cm³/mol. The molecule has 7 aromatic rings. The SMILES string of the molecule is CC(C)c1cccc(C(C)C)c1N1c2ccccc2[N-]C1c1[c-]cc2sc3ccccc3c2c1.[2H]c1[c-]c(-c2ccc([Si](C)(C)C)cn2)cc([2H])c1C([2H])([2H])[2H].[Ir+3]. The average Bonchev–Trinajstić information content (AvgIpc) is 3.72. The Kier molecular flexibility index (Phi) is 9.38. The van der Waals surface area contributed by atoms with E-state index in [1.54, 1.807) is 0 Å². The second kappa shape index (κ2) is 15.5. The van der Waals surface area contributed by atoms with Gasteiger partial charge < -0.3 is 15.2 Å². The van der Waals surface area contributed by atoms with E-state index in [0.717, 1.165) is 11.3 Å². The van der Waals surface area contributed by atoms with Gasteiger partial charge in [0.25, 0.3) is 0 Å². The van der Waals surface area contributed by atoms with Gasteiger partial charge in [-0.05, 0) is 57.5 Å². The number of nitrogens with zero attached hydrogens (tertiary/aromatic N) is 3. The molecule has 264 valence electrons. The van der Waals surface area contributed by atoms with Gasteiger partial charge in [0, 0.05) is 29.1 Å². The zero-order chi connectivity index (χ0) is 40.1. The first-order valence-electron chi connectivity index (χ1n) is 20.1. The molecule has 0 fully saturated rings. The van der Waals surface area contributed by atoms with E-state index in [9.17, 15) is 0 Å². The second-order valence-electron chi connectivity index (χ2n) is 14.7. The van der Waals surface area contributed by atoms with Crippen LogP contribution in [0.25, 0.3) is 36.7 Å². The molecule has 0 bridgehead atoms. The smallest absolute Gasteiger partial charge is 0.661 e. The Morgan fingerprint density at radius 3 is 2.25 bits per heavy atom. The minimum absolute atomic E-state index is 0. The van der Waals surface area contributed by atoms with E-state index >= 15 is 0 Å². The predicted octanol–water partition coefficient (Wildman–Crippen LogP) is 13.4. The normalized spacial score (nSPS) is 15.5. The Balaban J connectivity index is 0.000000208. The Morgan fingerprint density at radius 2 is 1.58 bits per heavy atom. The number of para-hydroxylation sites is 3. The summed E-state index contributed by atoms with van der Waals surface area (Å²) in [6.07, 6.45) is 1.68. The van der Waals surface area contributed by atoms with Crippen LogP contribution in [0.4, 0.5) is 17.1 Å². The number of aromatic nitrogens is 1. The fourth-order valence-electron chi connectivity index (χ4n) is 6.66. The van der Waals surface area contributed by atoms with Crippen LogP contribution in [0.5, 0.6) is 0 Å². The third kappa shape index (κ3) is 7.54. The van der Waals surface area contributed by atoms with Crippen molar-refractivity contribution in [3.63, 3.8) is 0 Å². The molecule has 52 heavy (non-hydrogen) atoms. The van der Waals surface area contributed by atoms with Crippen LogP contribution in [-0.4, -0.2) is 13.1 Å². The van der Waals surface area contributed by atoms with Gasteiger partial charge in [0.15, 0.2) is 0 Å². The maximum absolute atomic E-state index is 7.88. The quantitative estimate of drug-likeness (QED) is 0.123. The summed E-state index contributed by atoms with van der Waals surface area (Å²) in [6, 6.07) is 39.6. The van der Waals surface area contributed by atoms with Crippen LogP contribution in [0, 0.1) is 19.0 Å². The van der Waals surface area contributed by atoms with Gasteiger partial charge in [0.2, 0.25) is 0 Å². The largest absolute Gasteiger partial charge is 3.00 e. The fraction of sp³-hybridized carbons (Fsp3) is 0.239. The van der Waals surface area contributed by atoms with Crippen LogP contribution in [0.3, 0.4) is 0 Å². The summed E-state index contributed by atoms with van der Waals surface area (Å²) in [5.41, 5.74) is 8.17. The van der Waals surface area contributed by atoms with Crippen LogP contribution in [0.1, 0.15) is 74.8 Å². The summed E-state index contributed by atoms with van der Waals surface area (Å²) < 4.78 is 40.5. The molecule has 0 radical (unpaired) electrons. The van der Waals surface area contributed by atoms with Crippen molar-refractivity contribution in [1.82, 2.24) is 4.98 Å². The minimum atomic E-state index is -2.47. The average molecular weight is 898 g/mol. The molecular formula is C46H46IrN3SSi. The molecule has 1 aliphatic heterocycles. The molecule has 0 spiro atoms. The third-order valence-corrected chi connectivity index (χ3v) is 12.6. The van der Waals surface area contributed by atoms with E-state index in [1.165, 1.54) is 53.9 Å². The summed E-state index contributed by atoms with van der Waals surface area (Å²) >= 11 is 1.83. The first-order chi connectivity index (χ1) is 26.5. The van der Waals surface area contributed by atoms with Crippen LogP contribution >= 0.6 is 11.3 Å². The van der Waals surface area contributed by atoms with E-state index in [1.807, 2.05) is 29.7 Å². The van der Waals surface area contributed by atoms with Gasteiger partial charge in [-0.3, -0.25) is 0 Å². The maximum Gasteiger partial charge on any atom is 3.00 e. The van der Waals surface area contributed by atoms with E-state index in [-0.39, 0.29) is 43.9 Å². The Labute approximate surface area is 335 Å². The second-order valence-corrected chi connectivity index (χ2v) is 20.9. The molecule has 6 heteroatoms. The van der Waals surface area contributed by atoms with Gasteiger partial charge in [-0.15, -0.1) is 46.4 Å². The van der Waals surface area contributed by atoms with Crippen molar-refractivity contribution < 1.29 is 27.0 Å². The van der Waals surface area contributed by atoms with Gasteiger partial charge in [0.05, 0.1) is 8.07 Å². The molecule has 0 aliphatic carbocycles. The van der Waals surface area contributed by atoms with Gasteiger partial charge in [-0.1, -0.05) is 126 Å². The van der Waals surface area contributed by atoms with Crippen LogP contribution in [0.2, 0.25) is 19.6 Å². The summed E-state index contributed by atoms with van der Waals surface area (Å²) in [4.78, 5) is 6.85. The number of pyridine rings is 1. The minimum Gasteiger partial charge on any atom is -0.661 e. The number of fused-ring (bicyclic) bond motifs is 4. The summed E-state index contributed by atoms with van der Waals surface area (Å²) in [5, 5.41) is 9.07. The molecule has 0 saturated carbocycles. The molecule has 8 rings (SSSR count). The number of benzene rings is 5. The molecule has 0 saturated heterocycles. The monoisotopic (exact) mass is 898 g/mol. The third-order valence-electron chi connectivity index (χ3n) is 9.43. The van der Waals surface area contributed by atoms with Gasteiger partial charge in [0.1, 0.15) is 0 Å². The molecule has 0 amide bonds. The number of hydrogen-bond acceptors (Lipinski definition) is 3. The van der Waals surface area contributed by atoms with Gasteiger partial charge >= 0.3 is 20.1 Å². The van der Waals surface area contributed by atoms with Crippen molar-refractivity contribution in [2.24, 2.45) is 0 Å². The molecule has 3 heterocycles. The molecule has 1 aliphatic rings. The number of rotatable bonds is 6. The van der Waals surface area contributed by atoms with Crippen LogP contribution in [0.15, 0.2) is 115 Å².